The molecule has 0 saturated heterocycles. The maximum Gasteiger partial charge on any atom is 0.280 e. The van der Waals surface area contributed by atoms with E-state index in [0.717, 1.165) is 12.2 Å². The maximum atomic E-state index is 11.8. The fourth-order valence-electron chi connectivity index (χ4n) is 1.54. The zero-order valence-electron chi connectivity index (χ0n) is 8.87. The number of hydrogen-bond acceptors (Lipinski definition) is 3. The largest absolute Gasteiger partial charge is 0.336 e. The topological polar surface area (TPSA) is 55.6 Å². The van der Waals surface area contributed by atoms with Gasteiger partial charge in [0.25, 0.3) is 5.56 Å². The Morgan fingerprint density at radius 1 is 1.40 bits per heavy atom. The van der Waals surface area contributed by atoms with E-state index in [9.17, 15) is 4.79 Å². The summed E-state index contributed by atoms with van der Waals surface area (Å²) in [4.78, 5) is 19.2. The number of aryl methyl sites for hydroxylation is 2. The van der Waals surface area contributed by atoms with Crippen LogP contribution in [0.4, 0.5) is 0 Å². The summed E-state index contributed by atoms with van der Waals surface area (Å²) in [6.07, 6.45) is 0.768. The van der Waals surface area contributed by atoms with E-state index in [0.29, 0.717) is 15.9 Å². The molecule has 0 radical (unpaired) electrons. The van der Waals surface area contributed by atoms with E-state index in [1.165, 1.54) is 4.57 Å². The van der Waals surface area contributed by atoms with Crippen molar-refractivity contribution >= 4 is 23.4 Å². The predicted octanol–water partition coefficient (Wildman–Crippen LogP) is 0.892. The Morgan fingerprint density at radius 2 is 2.07 bits per heavy atom. The van der Waals surface area contributed by atoms with E-state index in [4.69, 9.17) is 12.2 Å². The first-order valence-corrected chi connectivity index (χ1v) is 5.11. The zero-order chi connectivity index (χ0) is 11.2. The summed E-state index contributed by atoms with van der Waals surface area (Å²) in [5, 5.41) is 0. The van der Waals surface area contributed by atoms with Crippen molar-refractivity contribution in [1.82, 2.24) is 19.1 Å². The number of aromatic nitrogens is 4. The van der Waals surface area contributed by atoms with Crippen molar-refractivity contribution in [2.24, 2.45) is 14.1 Å². The van der Waals surface area contributed by atoms with E-state index >= 15 is 0 Å². The molecule has 2 aromatic rings. The molecule has 0 aromatic carbocycles. The Kier molecular flexibility index (Phi) is 2.22. The summed E-state index contributed by atoms with van der Waals surface area (Å²) in [5.74, 6) is 0.804. The molecule has 2 aromatic heterocycles. The number of nitrogens with zero attached hydrogens (tertiary/aromatic N) is 3. The third-order valence-electron chi connectivity index (χ3n) is 2.48. The van der Waals surface area contributed by atoms with Crippen LogP contribution >= 0.6 is 12.2 Å². The lowest BCUT2D eigenvalue weighted by atomic mass is 10.5. The highest BCUT2D eigenvalue weighted by Gasteiger charge is 2.10. The molecule has 6 heteroatoms. The molecule has 2 heterocycles. The Labute approximate surface area is 91.4 Å². The van der Waals surface area contributed by atoms with Crippen LogP contribution in [0.5, 0.6) is 0 Å². The van der Waals surface area contributed by atoms with E-state index in [1.807, 2.05) is 14.0 Å². The normalized spacial score (nSPS) is 11.1. The van der Waals surface area contributed by atoms with Crippen molar-refractivity contribution in [2.75, 3.05) is 0 Å². The molecule has 0 saturated carbocycles. The second kappa shape index (κ2) is 3.30. The third kappa shape index (κ3) is 1.32. The molecule has 2 rings (SSSR count). The first-order valence-electron chi connectivity index (χ1n) is 4.70. The first kappa shape index (κ1) is 10.1. The van der Waals surface area contributed by atoms with Crippen LogP contribution in [0.15, 0.2) is 4.79 Å². The first-order chi connectivity index (χ1) is 7.06. The third-order valence-corrected chi connectivity index (χ3v) is 3.03. The molecule has 0 bridgehead atoms. The molecule has 0 amide bonds. The highest BCUT2D eigenvalue weighted by Crippen LogP contribution is 2.07. The molecule has 5 nitrogen and oxygen atoms in total. The number of aromatic amines is 1. The Bertz CT molecular complexity index is 634. The van der Waals surface area contributed by atoms with Crippen molar-refractivity contribution in [2.45, 2.75) is 13.3 Å². The van der Waals surface area contributed by atoms with E-state index in [-0.39, 0.29) is 5.56 Å². The summed E-state index contributed by atoms with van der Waals surface area (Å²) < 4.78 is 3.65. The van der Waals surface area contributed by atoms with Crippen molar-refractivity contribution in [1.29, 1.82) is 0 Å². The molecule has 0 spiro atoms. The monoisotopic (exact) mass is 224 g/mol. The number of imidazole rings is 1. The van der Waals surface area contributed by atoms with Gasteiger partial charge in [-0.05, 0) is 12.2 Å². The number of nitrogens with one attached hydrogen (secondary N) is 1. The smallest absolute Gasteiger partial charge is 0.280 e. The molecule has 0 fully saturated rings. The number of hydrogen-bond donors (Lipinski definition) is 1. The Morgan fingerprint density at radius 3 is 2.67 bits per heavy atom. The van der Waals surface area contributed by atoms with Crippen molar-refractivity contribution < 1.29 is 0 Å². The van der Waals surface area contributed by atoms with Gasteiger partial charge in [-0.2, -0.15) is 0 Å². The van der Waals surface area contributed by atoms with Crippen LogP contribution in [0.1, 0.15) is 12.7 Å². The summed E-state index contributed by atoms with van der Waals surface area (Å²) in [5.41, 5.74) is 1.02. The number of fused-ring (bicyclic) bond motifs is 1. The summed E-state index contributed by atoms with van der Waals surface area (Å²) in [6.45, 7) is 1.98. The van der Waals surface area contributed by atoms with Gasteiger partial charge in [0.1, 0.15) is 11.3 Å². The van der Waals surface area contributed by atoms with Gasteiger partial charge in [-0.3, -0.25) is 9.36 Å². The Hall–Kier alpha value is -1.43. The fourth-order valence-corrected chi connectivity index (χ4v) is 1.71. The second-order valence-electron chi connectivity index (χ2n) is 3.44. The van der Waals surface area contributed by atoms with Gasteiger partial charge in [0, 0.05) is 20.5 Å². The average molecular weight is 224 g/mol. The fraction of sp³-hybridized carbons (Fsp3) is 0.444. The molecule has 0 aliphatic carbocycles. The van der Waals surface area contributed by atoms with Gasteiger partial charge in [0.2, 0.25) is 0 Å². The molecule has 0 aliphatic rings. The van der Waals surface area contributed by atoms with Gasteiger partial charge >= 0.3 is 0 Å². The summed E-state index contributed by atoms with van der Waals surface area (Å²) in [6, 6.07) is 0. The highest BCUT2D eigenvalue weighted by atomic mass is 32.1. The van der Waals surface area contributed by atoms with Crippen LogP contribution in [0, 0.1) is 4.77 Å². The lowest BCUT2D eigenvalue weighted by Crippen LogP contribution is -2.21. The van der Waals surface area contributed by atoms with Gasteiger partial charge < -0.3 is 9.55 Å². The van der Waals surface area contributed by atoms with Gasteiger partial charge in [-0.15, -0.1) is 0 Å². The molecular weight excluding hydrogens is 212 g/mol. The second-order valence-corrected chi connectivity index (χ2v) is 3.81. The molecule has 0 atom stereocenters. The van der Waals surface area contributed by atoms with Crippen molar-refractivity contribution in [3.63, 3.8) is 0 Å². The SMILES string of the molecule is CCc1nc2c([nH]1)c(=O)n(C)c(=S)n2C. The minimum atomic E-state index is -0.125. The lowest BCUT2D eigenvalue weighted by Gasteiger charge is -2.03. The predicted molar refractivity (Wildman–Crippen MR) is 60.5 cm³/mol. The highest BCUT2D eigenvalue weighted by molar-refractivity contribution is 7.71. The minimum absolute atomic E-state index is 0.125. The standard InChI is InChI=1S/C9H12N4OS/c1-4-5-10-6-7(11-5)12(2)9(15)13(3)8(6)14/h4H2,1-3H3,(H,10,11). The van der Waals surface area contributed by atoms with Crippen LogP contribution in [-0.4, -0.2) is 19.1 Å². The molecule has 0 aliphatic heterocycles. The zero-order valence-corrected chi connectivity index (χ0v) is 9.68. The van der Waals surface area contributed by atoms with E-state index in [1.54, 1.807) is 11.6 Å². The molecule has 15 heavy (non-hydrogen) atoms. The number of rotatable bonds is 1. The molecule has 1 N–H and O–H groups in total. The van der Waals surface area contributed by atoms with Crippen LogP contribution < -0.4 is 5.56 Å². The van der Waals surface area contributed by atoms with E-state index in [2.05, 4.69) is 9.97 Å². The van der Waals surface area contributed by atoms with Crippen molar-refractivity contribution in [3.05, 3.63) is 20.9 Å². The maximum absolute atomic E-state index is 11.8. The van der Waals surface area contributed by atoms with Crippen molar-refractivity contribution in [3.8, 4) is 0 Å². The van der Waals surface area contributed by atoms with Gasteiger partial charge in [-0.25, -0.2) is 4.98 Å². The van der Waals surface area contributed by atoms with Gasteiger partial charge in [0.15, 0.2) is 10.4 Å². The summed E-state index contributed by atoms with van der Waals surface area (Å²) in [7, 11) is 3.47. The summed E-state index contributed by atoms with van der Waals surface area (Å²) >= 11 is 5.13. The Balaban J connectivity index is 3.04. The average Bonchev–Trinajstić information content (AvgIpc) is 2.67. The van der Waals surface area contributed by atoms with Crippen LogP contribution in [0.2, 0.25) is 0 Å². The van der Waals surface area contributed by atoms with Crippen LogP contribution in [0.25, 0.3) is 11.2 Å². The lowest BCUT2D eigenvalue weighted by molar-refractivity contribution is 0.741. The van der Waals surface area contributed by atoms with E-state index < -0.39 is 0 Å². The molecule has 80 valence electrons. The minimum Gasteiger partial charge on any atom is -0.336 e. The van der Waals surface area contributed by atoms with Gasteiger partial charge in [0.05, 0.1) is 0 Å². The van der Waals surface area contributed by atoms with Gasteiger partial charge in [-0.1, -0.05) is 6.92 Å². The van der Waals surface area contributed by atoms with Crippen LogP contribution in [-0.2, 0) is 20.5 Å². The number of H-pyrrole nitrogens is 1. The van der Waals surface area contributed by atoms with Crippen LogP contribution in [0.3, 0.4) is 0 Å². The molecule has 0 unspecified atom stereocenters. The quantitative estimate of drug-likeness (QED) is 0.732. The molecular formula is C9H12N4OS.